The largest absolute Gasteiger partial charge is 0.494 e. The lowest BCUT2D eigenvalue weighted by Crippen LogP contribution is -2.15. The molecule has 1 aliphatic rings. The Morgan fingerprint density at radius 3 is 2.64 bits per heavy atom. The summed E-state index contributed by atoms with van der Waals surface area (Å²) >= 11 is 0. The third kappa shape index (κ3) is 4.19. The number of benzene rings is 2. The standard InChI is InChI=1S/C20H23N3O2/c1-23(2)10-3-11-25-16-7-4-14(5-8-16)12-18-17-13-15(21)6-9-19(17)22-20(18)24/h4-9,12-13H,3,10-11,21H2,1-2H3,(H,22,24)/b18-12-. The van der Waals surface area contributed by atoms with Gasteiger partial charge in [-0.1, -0.05) is 12.1 Å². The lowest BCUT2D eigenvalue weighted by molar-refractivity contribution is -0.110. The number of hydrogen-bond donors (Lipinski definition) is 2. The molecule has 25 heavy (non-hydrogen) atoms. The van der Waals surface area contributed by atoms with Crippen LogP contribution in [0.3, 0.4) is 0 Å². The zero-order chi connectivity index (χ0) is 17.8. The minimum Gasteiger partial charge on any atom is -0.494 e. The van der Waals surface area contributed by atoms with Crippen LogP contribution in [0, 0.1) is 0 Å². The van der Waals surface area contributed by atoms with E-state index in [1.165, 1.54) is 0 Å². The first kappa shape index (κ1) is 17.0. The zero-order valence-electron chi connectivity index (χ0n) is 14.6. The molecule has 0 radical (unpaired) electrons. The van der Waals surface area contributed by atoms with E-state index >= 15 is 0 Å². The smallest absolute Gasteiger partial charge is 0.256 e. The summed E-state index contributed by atoms with van der Waals surface area (Å²) in [6, 6.07) is 13.2. The predicted molar refractivity (Wildman–Crippen MR) is 102 cm³/mol. The molecule has 5 heteroatoms. The highest BCUT2D eigenvalue weighted by Crippen LogP contribution is 2.34. The number of ether oxygens (including phenoxy) is 1. The number of carbonyl (C=O) groups is 1. The van der Waals surface area contributed by atoms with Crippen molar-refractivity contribution >= 4 is 28.9 Å². The molecule has 5 nitrogen and oxygen atoms in total. The van der Waals surface area contributed by atoms with Gasteiger partial charge in [-0.3, -0.25) is 4.79 Å². The van der Waals surface area contributed by atoms with Crippen LogP contribution < -0.4 is 15.8 Å². The molecule has 0 spiro atoms. The van der Waals surface area contributed by atoms with Gasteiger partial charge >= 0.3 is 0 Å². The van der Waals surface area contributed by atoms with Gasteiger partial charge in [-0.15, -0.1) is 0 Å². The monoisotopic (exact) mass is 337 g/mol. The van der Waals surface area contributed by atoms with E-state index in [2.05, 4.69) is 10.2 Å². The SMILES string of the molecule is CN(C)CCCOc1ccc(/C=C2\C(=O)Nc3ccc(N)cc32)cc1. The van der Waals surface area contributed by atoms with Gasteiger partial charge in [0, 0.05) is 29.1 Å². The van der Waals surface area contributed by atoms with E-state index in [-0.39, 0.29) is 5.91 Å². The number of nitrogens with two attached hydrogens (primary N) is 1. The lowest BCUT2D eigenvalue weighted by atomic mass is 10.0. The minimum atomic E-state index is -0.107. The van der Waals surface area contributed by atoms with Crippen molar-refractivity contribution in [1.29, 1.82) is 0 Å². The van der Waals surface area contributed by atoms with E-state index in [0.29, 0.717) is 17.9 Å². The zero-order valence-corrected chi connectivity index (χ0v) is 14.6. The molecule has 2 aromatic rings. The molecule has 0 aromatic heterocycles. The van der Waals surface area contributed by atoms with Crippen molar-refractivity contribution in [2.24, 2.45) is 0 Å². The number of anilines is 2. The van der Waals surface area contributed by atoms with Gasteiger partial charge < -0.3 is 20.7 Å². The van der Waals surface area contributed by atoms with E-state index in [1.807, 2.05) is 56.6 Å². The van der Waals surface area contributed by atoms with Crippen molar-refractivity contribution in [3.8, 4) is 5.75 Å². The second kappa shape index (κ2) is 7.40. The predicted octanol–water partition coefficient (Wildman–Crippen LogP) is 3.09. The fourth-order valence-corrected chi connectivity index (χ4v) is 2.75. The second-order valence-corrected chi connectivity index (χ2v) is 6.39. The maximum Gasteiger partial charge on any atom is 0.256 e. The van der Waals surface area contributed by atoms with Crippen molar-refractivity contribution < 1.29 is 9.53 Å². The minimum absolute atomic E-state index is 0.107. The lowest BCUT2D eigenvalue weighted by Gasteiger charge is -2.10. The van der Waals surface area contributed by atoms with Crippen LogP contribution in [0.1, 0.15) is 17.5 Å². The maximum atomic E-state index is 12.2. The topological polar surface area (TPSA) is 67.6 Å². The second-order valence-electron chi connectivity index (χ2n) is 6.39. The summed E-state index contributed by atoms with van der Waals surface area (Å²) in [4.78, 5) is 14.3. The Bertz CT molecular complexity index is 795. The number of nitrogens with zero attached hydrogens (tertiary/aromatic N) is 1. The van der Waals surface area contributed by atoms with Crippen molar-refractivity contribution in [2.45, 2.75) is 6.42 Å². The van der Waals surface area contributed by atoms with Crippen LogP contribution in [0.4, 0.5) is 11.4 Å². The number of carbonyl (C=O) groups excluding carboxylic acids is 1. The van der Waals surface area contributed by atoms with Crippen LogP contribution in [-0.4, -0.2) is 38.1 Å². The quantitative estimate of drug-likeness (QED) is 0.483. The number of fused-ring (bicyclic) bond motifs is 1. The highest BCUT2D eigenvalue weighted by molar-refractivity contribution is 6.35. The summed E-state index contributed by atoms with van der Waals surface area (Å²) in [6.07, 6.45) is 2.85. The first-order valence-electron chi connectivity index (χ1n) is 8.33. The van der Waals surface area contributed by atoms with Gasteiger partial charge in [-0.05, 0) is 62.5 Å². The normalized spacial score (nSPS) is 14.7. The molecule has 0 saturated carbocycles. The van der Waals surface area contributed by atoms with Crippen molar-refractivity contribution in [3.63, 3.8) is 0 Å². The molecular weight excluding hydrogens is 314 g/mol. The highest BCUT2D eigenvalue weighted by atomic mass is 16.5. The molecule has 1 heterocycles. The van der Waals surface area contributed by atoms with E-state index in [4.69, 9.17) is 10.5 Å². The Morgan fingerprint density at radius 1 is 1.16 bits per heavy atom. The molecule has 3 N–H and O–H groups in total. The number of hydrogen-bond acceptors (Lipinski definition) is 4. The average Bonchev–Trinajstić information content (AvgIpc) is 2.88. The molecule has 2 aromatic carbocycles. The van der Waals surface area contributed by atoms with Crippen LogP contribution in [-0.2, 0) is 4.79 Å². The average molecular weight is 337 g/mol. The van der Waals surface area contributed by atoms with E-state index in [9.17, 15) is 4.79 Å². The first-order chi connectivity index (χ1) is 12.0. The summed E-state index contributed by atoms with van der Waals surface area (Å²) in [7, 11) is 4.10. The third-order valence-corrected chi connectivity index (χ3v) is 4.04. The summed E-state index contributed by atoms with van der Waals surface area (Å²) in [6.45, 7) is 1.69. The van der Waals surface area contributed by atoms with Crippen LogP contribution >= 0.6 is 0 Å². The van der Waals surface area contributed by atoms with Crippen molar-refractivity contribution in [1.82, 2.24) is 4.90 Å². The summed E-state index contributed by atoms with van der Waals surface area (Å²) in [5.41, 5.74) is 9.70. The van der Waals surface area contributed by atoms with Crippen LogP contribution in [0.5, 0.6) is 5.75 Å². The van der Waals surface area contributed by atoms with Crippen LogP contribution in [0.25, 0.3) is 11.6 Å². The molecule has 1 aliphatic heterocycles. The van der Waals surface area contributed by atoms with Gasteiger partial charge in [0.15, 0.2) is 0 Å². The highest BCUT2D eigenvalue weighted by Gasteiger charge is 2.23. The number of amides is 1. The molecule has 0 unspecified atom stereocenters. The fourth-order valence-electron chi connectivity index (χ4n) is 2.75. The molecule has 1 amide bonds. The van der Waals surface area contributed by atoms with Gasteiger partial charge in [0.25, 0.3) is 5.91 Å². The van der Waals surface area contributed by atoms with Gasteiger partial charge in [0.1, 0.15) is 5.75 Å². The Labute approximate surface area is 148 Å². The number of rotatable bonds is 6. The number of nitrogen functional groups attached to an aromatic ring is 1. The molecule has 3 rings (SSSR count). The molecule has 0 aliphatic carbocycles. The molecule has 130 valence electrons. The van der Waals surface area contributed by atoms with Crippen LogP contribution in [0.2, 0.25) is 0 Å². The Kier molecular flexibility index (Phi) is 5.05. The van der Waals surface area contributed by atoms with Crippen LogP contribution in [0.15, 0.2) is 42.5 Å². The Balaban J connectivity index is 1.70. The Morgan fingerprint density at radius 2 is 1.92 bits per heavy atom. The Hall–Kier alpha value is -2.79. The molecule has 0 fully saturated rings. The van der Waals surface area contributed by atoms with Gasteiger partial charge in [-0.25, -0.2) is 0 Å². The van der Waals surface area contributed by atoms with Crippen molar-refractivity contribution in [3.05, 3.63) is 53.6 Å². The van der Waals surface area contributed by atoms with Gasteiger partial charge in [0.05, 0.1) is 6.61 Å². The van der Waals surface area contributed by atoms with Gasteiger partial charge in [0.2, 0.25) is 0 Å². The molecule has 0 atom stereocenters. The summed E-state index contributed by atoms with van der Waals surface area (Å²) in [5.74, 6) is 0.728. The fraction of sp³-hybridized carbons (Fsp3) is 0.250. The summed E-state index contributed by atoms with van der Waals surface area (Å²) in [5, 5.41) is 2.86. The molecular formula is C20H23N3O2. The van der Waals surface area contributed by atoms with E-state index in [1.54, 1.807) is 6.07 Å². The third-order valence-electron chi connectivity index (χ3n) is 4.04. The molecule has 0 saturated heterocycles. The molecule has 0 bridgehead atoms. The number of nitrogens with one attached hydrogen (secondary N) is 1. The van der Waals surface area contributed by atoms with E-state index < -0.39 is 0 Å². The van der Waals surface area contributed by atoms with E-state index in [0.717, 1.165) is 35.5 Å². The maximum absolute atomic E-state index is 12.2. The first-order valence-corrected chi connectivity index (χ1v) is 8.33. The summed E-state index contributed by atoms with van der Waals surface area (Å²) < 4.78 is 5.73. The van der Waals surface area contributed by atoms with Crippen molar-refractivity contribution in [2.75, 3.05) is 38.3 Å². The van der Waals surface area contributed by atoms with Gasteiger partial charge in [-0.2, -0.15) is 0 Å².